The molecule has 1 aromatic carbocycles. The third-order valence-corrected chi connectivity index (χ3v) is 3.75. The number of amides is 3. The van der Waals surface area contributed by atoms with E-state index in [-0.39, 0.29) is 11.9 Å². The van der Waals surface area contributed by atoms with Crippen molar-refractivity contribution >= 4 is 23.3 Å². The Kier molecular flexibility index (Phi) is 10.2. The zero-order chi connectivity index (χ0) is 19.4. The van der Waals surface area contributed by atoms with Crippen LogP contribution in [-0.2, 0) is 4.74 Å². The number of hydrogen-bond donors (Lipinski definition) is 3. The Morgan fingerprint density at radius 1 is 1.08 bits per heavy atom. The first-order chi connectivity index (χ1) is 12.5. The molecule has 0 aliphatic heterocycles. The molecule has 3 amide bonds. The van der Waals surface area contributed by atoms with Gasteiger partial charge >= 0.3 is 6.03 Å². The normalized spacial score (nSPS) is 10.3. The molecule has 0 saturated carbocycles. The van der Waals surface area contributed by atoms with Crippen molar-refractivity contribution in [2.45, 2.75) is 33.1 Å². The first-order valence-electron chi connectivity index (χ1n) is 9.21. The van der Waals surface area contributed by atoms with E-state index in [1.807, 2.05) is 32.0 Å². The Bertz CT molecular complexity index is 576. The van der Waals surface area contributed by atoms with Crippen LogP contribution in [0, 0.1) is 0 Å². The number of unbranched alkanes of at least 4 members (excludes halogenated alkanes) is 1. The van der Waals surface area contributed by atoms with Gasteiger partial charge in [-0.05, 0) is 38.0 Å². The third-order valence-electron chi connectivity index (χ3n) is 3.75. The second kappa shape index (κ2) is 12.1. The number of carbonyl (C=O) groups excluding carboxylic acids is 2. The Morgan fingerprint density at radius 3 is 2.46 bits per heavy atom. The molecule has 0 unspecified atom stereocenters. The number of anilines is 2. The summed E-state index contributed by atoms with van der Waals surface area (Å²) in [6.45, 7) is 6.48. The second-order valence-electron chi connectivity index (χ2n) is 6.17. The Morgan fingerprint density at radius 2 is 1.81 bits per heavy atom. The molecule has 146 valence electrons. The zero-order valence-electron chi connectivity index (χ0n) is 16.4. The number of carbonyl (C=O) groups is 2. The van der Waals surface area contributed by atoms with Crippen LogP contribution in [0.2, 0.25) is 0 Å². The van der Waals surface area contributed by atoms with Gasteiger partial charge in [-0.25, -0.2) is 4.79 Å². The van der Waals surface area contributed by atoms with Gasteiger partial charge in [0.15, 0.2) is 0 Å². The van der Waals surface area contributed by atoms with Gasteiger partial charge in [0.1, 0.15) is 0 Å². The molecule has 0 saturated heterocycles. The molecule has 0 aliphatic carbocycles. The second-order valence-corrected chi connectivity index (χ2v) is 6.17. The standard InChI is InChI=1S/C19H32N4O3/c1-5-7-11-21-19(25)22-15-9-10-17(23(3)4)16(14-15)18(24)20-12-8-13-26-6-2/h9-10,14H,5-8,11-13H2,1-4H3,(H,20,24)(H2,21,22,25). The minimum atomic E-state index is -0.265. The summed E-state index contributed by atoms with van der Waals surface area (Å²) >= 11 is 0. The summed E-state index contributed by atoms with van der Waals surface area (Å²) in [4.78, 5) is 26.3. The predicted octanol–water partition coefficient (Wildman–Crippen LogP) is 2.83. The van der Waals surface area contributed by atoms with Gasteiger partial charge in [-0.2, -0.15) is 0 Å². The molecule has 0 fully saturated rings. The van der Waals surface area contributed by atoms with Gasteiger partial charge in [-0.3, -0.25) is 4.79 Å². The molecule has 0 aromatic heterocycles. The fourth-order valence-corrected chi connectivity index (χ4v) is 2.36. The van der Waals surface area contributed by atoms with Crippen molar-refractivity contribution in [2.24, 2.45) is 0 Å². The summed E-state index contributed by atoms with van der Waals surface area (Å²) in [7, 11) is 3.76. The molecule has 1 aromatic rings. The molecule has 0 atom stereocenters. The highest BCUT2D eigenvalue weighted by Gasteiger charge is 2.14. The van der Waals surface area contributed by atoms with Crippen LogP contribution in [0.15, 0.2) is 18.2 Å². The molecular weight excluding hydrogens is 332 g/mol. The smallest absolute Gasteiger partial charge is 0.319 e. The topological polar surface area (TPSA) is 82.7 Å². The van der Waals surface area contributed by atoms with Crippen molar-refractivity contribution in [1.82, 2.24) is 10.6 Å². The molecule has 0 radical (unpaired) electrons. The summed E-state index contributed by atoms with van der Waals surface area (Å²) in [5, 5.41) is 8.48. The largest absolute Gasteiger partial charge is 0.382 e. The van der Waals surface area contributed by atoms with E-state index in [2.05, 4.69) is 22.9 Å². The molecule has 7 nitrogen and oxygen atoms in total. The molecule has 0 spiro atoms. The Hall–Kier alpha value is -2.28. The maximum Gasteiger partial charge on any atom is 0.319 e. The number of hydrogen-bond acceptors (Lipinski definition) is 4. The van der Waals surface area contributed by atoms with Crippen molar-refractivity contribution in [1.29, 1.82) is 0 Å². The number of benzene rings is 1. The first kappa shape index (κ1) is 21.8. The van der Waals surface area contributed by atoms with Gasteiger partial charge in [0.05, 0.1) is 5.56 Å². The van der Waals surface area contributed by atoms with E-state index in [4.69, 9.17) is 4.74 Å². The minimum absolute atomic E-state index is 0.166. The molecule has 26 heavy (non-hydrogen) atoms. The van der Waals surface area contributed by atoms with E-state index in [1.54, 1.807) is 12.1 Å². The van der Waals surface area contributed by atoms with E-state index >= 15 is 0 Å². The average Bonchev–Trinajstić information content (AvgIpc) is 2.61. The molecule has 7 heteroatoms. The number of rotatable bonds is 11. The van der Waals surface area contributed by atoms with E-state index in [1.165, 1.54) is 0 Å². The Labute approximate surface area is 156 Å². The summed E-state index contributed by atoms with van der Waals surface area (Å²) in [6.07, 6.45) is 2.71. The number of nitrogens with one attached hydrogen (secondary N) is 3. The number of urea groups is 1. The monoisotopic (exact) mass is 364 g/mol. The zero-order valence-corrected chi connectivity index (χ0v) is 16.4. The molecular formula is C19H32N4O3. The fraction of sp³-hybridized carbons (Fsp3) is 0.579. The van der Waals surface area contributed by atoms with Crippen LogP contribution < -0.4 is 20.9 Å². The van der Waals surface area contributed by atoms with Crippen LogP contribution >= 0.6 is 0 Å². The van der Waals surface area contributed by atoms with Gasteiger partial charge in [0, 0.05) is 51.8 Å². The van der Waals surface area contributed by atoms with E-state index in [9.17, 15) is 9.59 Å². The first-order valence-corrected chi connectivity index (χ1v) is 9.21. The van der Waals surface area contributed by atoms with Crippen molar-refractivity contribution in [3.05, 3.63) is 23.8 Å². The summed E-state index contributed by atoms with van der Waals surface area (Å²) in [6, 6.07) is 5.06. The molecule has 0 aliphatic rings. The lowest BCUT2D eigenvalue weighted by Crippen LogP contribution is -2.30. The lowest BCUT2D eigenvalue weighted by molar-refractivity contribution is 0.0944. The van der Waals surface area contributed by atoms with Crippen molar-refractivity contribution in [2.75, 3.05) is 50.6 Å². The van der Waals surface area contributed by atoms with Crippen LogP contribution in [0.4, 0.5) is 16.2 Å². The van der Waals surface area contributed by atoms with Gasteiger partial charge < -0.3 is 25.6 Å². The molecule has 0 bridgehead atoms. The minimum Gasteiger partial charge on any atom is -0.382 e. The number of ether oxygens (including phenoxy) is 1. The van der Waals surface area contributed by atoms with Crippen LogP contribution in [0.5, 0.6) is 0 Å². The van der Waals surface area contributed by atoms with Crippen LogP contribution in [0.3, 0.4) is 0 Å². The Balaban J connectivity index is 2.74. The quantitative estimate of drug-likeness (QED) is 0.527. The number of nitrogens with zero attached hydrogens (tertiary/aromatic N) is 1. The third kappa shape index (κ3) is 7.74. The van der Waals surface area contributed by atoms with Gasteiger partial charge in [-0.15, -0.1) is 0 Å². The molecule has 3 N–H and O–H groups in total. The van der Waals surface area contributed by atoms with Gasteiger partial charge in [0.25, 0.3) is 5.91 Å². The van der Waals surface area contributed by atoms with Crippen molar-refractivity contribution in [3.8, 4) is 0 Å². The lowest BCUT2D eigenvalue weighted by Gasteiger charge is -2.18. The average molecular weight is 364 g/mol. The SMILES string of the molecule is CCCCNC(=O)Nc1ccc(N(C)C)c(C(=O)NCCCOCC)c1. The van der Waals surface area contributed by atoms with Crippen molar-refractivity contribution in [3.63, 3.8) is 0 Å². The highest BCUT2D eigenvalue weighted by Crippen LogP contribution is 2.23. The van der Waals surface area contributed by atoms with E-state index < -0.39 is 0 Å². The molecule has 0 heterocycles. The van der Waals surface area contributed by atoms with Gasteiger partial charge in [0.2, 0.25) is 0 Å². The van der Waals surface area contributed by atoms with Crippen LogP contribution in [-0.4, -0.2) is 52.3 Å². The highest BCUT2D eigenvalue weighted by atomic mass is 16.5. The summed E-state index contributed by atoms with van der Waals surface area (Å²) in [5.74, 6) is -0.166. The highest BCUT2D eigenvalue weighted by molar-refractivity contribution is 6.01. The summed E-state index contributed by atoms with van der Waals surface area (Å²) in [5.41, 5.74) is 1.91. The van der Waals surface area contributed by atoms with E-state index in [0.29, 0.717) is 37.6 Å². The van der Waals surface area contributed by atoms with E-state index in [0.717, 1.165) is 24.9 Å². The fourth-order valence-electron chi connectivity index (χ4n) is 2.36. The maximum absolute atomic E-state index is 12.5. The lowest BCUT2D eigenvalue weighted by atomic mass is 10.1. The van der Waals surface area contributed by atoms with Crippen molar-refractivity contribution < 1.29 is 14.3 Å². The van der Waals surface area contributed by atoms with Gasteiger partial charge in [-0.1, -0.05) is 13.3 Å². The van der Waals surface area contributed by atoms with Crippen LogP contribution in [0.1, 0.15) is 43.5 Å². The van der Waals surface area contributed by atoms with Crippen LogP contribution in [0.25, 0.3) is 0 Å². The predicted molar refractivity (Wildman–Crippen MR) is 106 cm³/mol. The summed E-state index contributed by atoms with van der Waals surface area (Å²) < 4.78 is 5.27. The molecule has 1 rings (SSSR count). The maximum atomic E-state index is 12.5.